The molecule has 0 saturated heterocycles. The number of hydrogen-bond donors (Lipinski definition) is 1. The monoisotopic (exact) mass is 272 g/mol. The van der Waals surface area contributed by atoms with E-state index < -0.39 is 0 Å². The Labute approximate surface area is 119 Å². The molecule has 1 aromatic carbocycles. The van der Waals surface area contributed by atoms with Crippen LogP contribution in [0.5, 0.6) is 5.75 Å². The van der Waals surface area contributed by atoms with E-state index in [1.165, 1.54) is 5.56 Å². The molecule has 4 heteroatoms. The Morgan fingerprint density at radius 2 is 2.15 bits per heavy atom. The highest BCUT2D eigenvalue weighted by Crippen LogP contribution is 2.28. The molecule has 0 aliphatic heterocycles. The minimum atomic E-state index is 0.386. The van der Waals surface area contributed by atoms with Gasteiger partial charge in [-0.3, -0.25) is 9.89 Å². The highest BCUT2D eigenvalue weighted by atomic mass is 16.5. The number of benzene rings is 1. The van der Waals surface area contributed by atoms with Gasteiger partial charge in [0.05, 0.1) is 18.4 Å². The Hall–Kier alpha value is -2.10. The van der Waals surface area contributed by atoms with E-state index in [9.17, 15) is 4.79 Å². The molecule has 1 N–H and O–H groups in total. The van der Waals surface area contributed by atoms with Crippen molar-refractivity contribution in [3.05, 3.63) is 46.3 Å². The molecule has 0 amide bonds. The summed E-state index contributed by atoms with van der Waals surface area (Å²) in [7, 11) is 1.68. The first-order chi connectivity index (χ1) is 9.56. The molecular weight excluding hydrogens is 252 g/mol. The summed E-state index contributed by atoms with van der Waals surface area (Å²) in [6.07, 6.45) is 1.50. The SMILES string of the molecule is COc1ccc(Cc2n[nH]c(C)c2C=O)cc1C(C)C. The maximum absolute atomic E-state index is 11.1. The number of carbonyl (C=O) groups is 1. The lowest BCUT2D eigenvalue weighted by molar-refractivity contribution is 0.112. The van der Waals surface area contributed by atoms with Crippen molar-refractivity contribution in [2.45, 2.75) is 33.1 Å². The number of H-pyrrole nitrogens is 1. The summed E-state index contributed by atoms with van der Waals surface area (Å²) in [5.41, 5.74) is 4.56. The standard InChI is InChI=1S/C16H20N2O2/c1-10(2)13-7-12(5-6-16(13)20-4)8-15-14(9-19)11(3)17-18-15/h5-7,9-10H,8H2,1-4H3,(H,17,18). The summed E-state index contributed by atoms with van der Waals surface area (Å²) in [5.74, 6) is 1.29. The molecule has 2 aromatic rings. The zero-order valence-electron chi connectivity index (χ0n) is 12.4. The number of methoxy groups -OCH3 is 1. The molecule has 0 radical (unpaired) electrons. The molecule has 0 aliphatic carbocycles. The number of aryl methyl sites for hydroxylation is 1. The van der Waals surface area contributed by atoms with Gasteiger partial charge in [-0.15, -0.1) is 0 Å². The van der Waals surface area contributed by atoms with Crippen molar-refractivity contribution < 1.29 is 9.53 Å². The van der Waals surface area contributed by atoms with E-state index in [0.29, 0.717) is 17.9 Å². The number of aldehydes is 1. The molecule has 20 heavy (non-hydrogen) atoms. The largest absolute Gasteiger partial charge is 0.496 e. The fraction of sp³-hybridized carbons (Fsp3) is 0.375. The Morgan fingerprint density at radius 1 is 1.40 bits per heavy atom. The average Bonchev–Trinajstić information content (AvgIpc) is 2.78. The average molecular weight is 272 g/mol. The van der Waals surface area contributed by atoms with Crippen molar-refractivity contribution >= 4 is 6.29 Å². The number of ether oxygens (including phenoxy) is 1. The van der Waals surface area contributed by atoms with E-state index >= 15 is 0 Å². The van der Waals surface area contributed by atoms with E-state index in [1.807, 2.05) is 19.1 Å². The van der Waals surface area contributed by atoms with Crippen LogP contribution >= 0.6 is 0 Å². The summed E-state index contributed by atoms with van der Waals surface area (Å²) < 4.78 is 5.38. The number of aromatic nitrogens is 2. The van der Waals surface area contributed by atoms with Crippen molar-refractivity contribution in [1.82, 2.24) is 10.2 Å². The van der Waals surface area contributed by atoms with Gasteiger partial charge in [0, 0.05) is 12.1 Å². The molecule has 0 aliphatic rings. The van der Waals surface area contributed by atoms with Crippen molar-refractivity contribution in [1.29, 1.82) is 0 Å². The molecule has 0 atom stereocenters. The Balaban J connectivity index is 2.34. The fourth-order valence-electron chi connectivity index (χ4n) is 2.32. The molecule has 0 spiro atoms. The number of nitrogens with zero attached hydrogens (tertiary/aromatic N) is 1. The van der Waals surface area contributed by atoms with E-state index in [1.54, 1.807) is 7.11 Å². The summed E-state index contributed by atoms with van der Waals surface area (Å²) in [4.78, 5) is 11.1. The molecule has 0 fully saturated rings. The molecule has 0 saturated carbocycles. The van der Waals surface area contributed by atoms with Crippen LogP contribution in [0.15, 0.2) is 18.2 Å². The number of nitrogens with one attached hydrogen (secondary N) is 1. The zero-order chi connectivity index (χ0) is 14.7. The van der Waals surface area contributed by atoms with Gasteiger partial charge in [-0.2, -0.15) is 5.10 Å². The highest BCUT2D eigenvalue weighted by molar-refractivity contribution is 5.78. The van der Waals surface area contributed by atoms with Crippen LogP contribution in [0.1, 0.15) is 52.6 Å². The van der Waals surface area contributed by atoms with Gasteiger partial charge < -0.3 is 4.74 Å². The molecule has 4 nitrogen and oxygen atoms in total. The van der Waals surface area contributed by atoms with Crippen molar-refractivity contribution in [2.24, 2.45) is 0 Å². The Bertz CT molecular complexity index is 615. The van der Waals surface area contributed by atoms with Crippen molar-refractivity contribution in [3.8, 4) is 5.75 Å². The third kappa shape index (κ3) is 2.74. The number of rotatable bonds is 5. The Kier molecular flexibility index (Phi) is 4.23. The van der Waals surface area contributed by atoms with Crippen molar-refractivity contribution in [2.75, 3.05) is 7.11 Å². The number of carbonyl (C=O) groups excluding carboxylic acids is 1. The van der Waals surface area contributed by atoms with Crippen LogP contribution in [0.4, 0.5) is 0 Å². The maximum Gasteiger partial charge on any atom is 0.153 e. The predicted molar refractivity (Wildman–Crippen MR) is 78.6 cm³/mol. The smallest absolute Gasteiger partial charge is 0.153 e. The van der Waals surface area contributed by atoms with Gasteiger partial charge in [0.2, 0.25) is 0 Å². The normalized spacial score (nSPS) is 10.8. The van der Waals surface area contributed by atoms with Crippen LogP contribution in [-0.4, -0.2) is 23.6 Å². The van der Waals surface area contributed by atoms with Crippen LogP contribution in [-0.2, 0) is 6.42 Å². The number of hydrogen-bond acceptors (Lipinski definition) is 3. The van der Waals surface area contributed by atoms with Gasteiger partial charge in [0.25, 0.3) is 0 Å². The topological polar surface area (TPSA) is 55.0 Å². The third-order valence-corrected chi connectivity index (χ3v) is 3.48. The third-order valence-electron chi connectivity index (χ3n) is 3.48. The first-order valence-electron chi connectivity index (χ1n) is 6.72. The van der Waals surface area contributed by atoms with Gasteiger partial charge in [-0.1, -0.05) is 26.0 Å². The second-order valence-electron chi connectivity index (χ2n) is 5.23. The summed E-state index contributed by atoms with van der Waals surface area (Å²) in [6.45, 7) is 6.13. The first kappa shape index (κ1) is 14.3. The molecule has 1 heterocycles. The maximum atomic E-state index is 11.1. The van der Waals surface area contributed by atoms with E-state index in [-0.39, 0.29) is 0 Å². The van der Waals surface area contributed by atoms with Crippen molar-refractivity contribution in [3.63, 3.8) is 0 Å². The quantitative estimate of drug-likeness (QED) is 0.850. The lowest BCUT2D eigenvalue weighted by Crippen LogP contribution is -1.99. The van der Waals surface area contributed by atoms with Crippen LogP contribution in [0.3, 0.4) is 0 Å². The van der Waals surface area contributed by atoms with Crippen LogP contribution in [0.25, 0.3) is 0 Å². The highest BCUT2D eigenvalue weighted by Gasteiger charge is 2.12. The number of aromatic amines is 1. The van der Waals surface area contributed by atoms with Crippen LogP contribution < -0.4 is 4.74 Å². The van der Waals surface area contributed by atoms with E-state index in [4.69, 9.17) is 4.74 Å². The predicted octanol–water partition coefficient (Wildman–Crippen LogP) is 3.25. The van der Waals surface area contributed by atoms with Gasteiger partial charge in [-0.25, -0.2) is 0 Å². The minimum absolute atomic E-state index is 0.386. The second kappa shape index (κ2) is 5.90. The zero-order valence-corrected chi connectivity index (χ0v) is 12.4. The summed E-state index contributed by atoms with van der Waals surface area (Å²) in [5, 5.41) is 7.07. The first-order valence-corrected chi connectivity index (χ1v) is 6.72. The molecule has 0 unspecified atom stereocenters. The molecule has 0 bridgehead atoms. The molecular formula is C16H20N2O2. The lowest BCUT2D eigenvalue weighted by atomic mass is 9.97. The van der Waals surface area contributed by atoms with E-state index in [0.717, 1.165) is 29.0 Å². The van der Waals surface area contributed by atoms with Gasteiger partial charge in [0.15, 0.2) is 6.29 Å². The minimum Gasteiger partial charge on any atom is -0.496 e. The molecule has 106 valence electrons. The fourth-order valence-corrected chi connectivity index (χ4v) is 2.32. The van der Waals surface area contributed by atoms with Gasteiger partial charge in [0.1, 0.15) is 5.75 Å². The van der Waals surface area contributed by atoms with Crippen LogP contribution in [0, 0.1) is 6.92 Å². The van der Waals surface area contributed by atoms with Gasteiger partial charge >= 0.3 is 0 Å². The molecule has 1 aromatic heterocycles. The summed E-state index contributed by atoms with van der Waals surface area (Å²) >= 11 is 0. The van der Waals surface area contributed by atoms with Gasteiger partial charge in [-0.05, 0) is 30.0 Å². The summed E-state index contributed by atoms with van der Waals surface area (Å²) in [6, 6.07) is 6.12. The Morgan fingerprint density at radius 3 is 2.75 bits per heavy atom. The van der Waals surface area contributed by atoms with Crippen LogP contribution in [0.2, 0.25) is 0 Å². The molecule has 2 rings (SSSR count). The second-order valence-corrected chi connectivity index (χ2v) is 5.23. The van der Waals surface area contributed by atoms with E-state index in [2.05, 4.69) is 30.1 Å². The lowest BCUT2D eigenvalue weighted by Gasteiger charge is -2.13.